The number of anilines is 4. The highest BCUT2D eigenvalue weighted by atomic mass is 32.2. The van der Waals surface area contributed by atoms with Crippen molar-refractivity contribution in [2.75, 3.05) is 34.3 Å². The molecule has 0 radical (unpaired) electrons. The fraction of sp³-hybridized carbons (Fsp3) is 0.174. The van der Waals surface area contributed by atoms with Crippen LogP contribution >= 0.6 is 0 Å². The molecule has 3 aromatic carbocycles. The molecule has 0 saturated carbocycles. The molecule has 3 aromatic rings. The van der Waals surface area contributed by atoms with Gasteiger partial charge in [-0.2, -0.15) is 0 Å². The third-order valence-corrected chi connectivity index (χ3v) is 6.92. The van der Waals surface area contributed by atoms with E-state index in [2.05, 4.69) is 10.6 Å². The van der Waals surface area contributed by atoms with Crippen LogP contribution in [0, 0.1) is 0 Å². The lowest BCUT2D eigenvalue weighted by Gasteiger charge is -2.17. The molecule has 0 aromatic heterocycles. The lowest BCUT2D eigenvalue weighted by atomic mass is 10.1. The minimum Gasteiger partial charge on any atom is -0.497 e. The first-order valence-electron chi connectivity index (χ1n) is 9.88. The number of benzene rings is 3. The van der Waals surface area contributed by atoms with E-state index in [0.29, 0.717) is 35.6 Å². The molecule has 1 saturated heterocycles. The maximum atomic E-state index is 12.9. The van der Waals surface area contributed by atoms with Crippen LogP contribution in [0.25, 0.3) is 0 Å². The number of rotatable bonds is 6. The summed E-state index contributed by atoms with van der Waals surface area (Å²) in [5.41, 5.74) is 3.19. The summed E-state index contributed by atoms with van der Waals surface area (Å²) in [6, 6.07) is 21.5. The third-order valence-electron chi connectivity index (χ3n) is 5.05. The Bertz CT molecular complexity index is 1180. The SMILES string of the molecule is COc1ccc(Nc2ccccc2C(=O)Nc2ccc(N3CCCS3(=O)=O)cc2)cc1. The number of methoxy groups -OCH3 is 1. The number of carbonyl (C=O) groups is 1. The Balaban J connectivity index is 1.48. The van der Waals surface area contributed by atoms with Crippen molar-refractivity contribution in [2.45, 2.75) is 6.42 Å². The molecule has 0 unspecified atom stereocenters. The quantitative estimate of drug-likeness (QED) is 0.603. The average Bonchev–Trinajstić information content (AvgIpc) is 3.14. The van der Waals surface area contributed by atoms with Crippen LogP contribution in [0.1, 0.15) is 16.8 Å². The van der Waals surface area contributed by atoms with Crippen LogP contribution in [-0.2, 0) is 10.0 Å². The van der Waals surface area contributed by atoms with E-state index in [1.165, 1.54) is 4.31 Å². The number of nitrogens with zero attached hydrogens (tertiary/aromatic N) is 1. The molecule has 0 atom stereocenters. The second-order valence-electron chi connectivity index (χ2n) is 7.14. The van der Waals surface area contributed by atoms with E-state index < -0.39 is 10.0 Å². The zero-order valence-electron chi connectivity index (χ0n) is 17.0. The van der Waals surface area contributed by atoms with Gasteiger partial charge in [0.25, 0.3) is 5.91 Å². The van der Waals surface area contributed by atoms with Crippen molar-refractivity contribution in [2.24, 2.45) is 0 Å². The van der Waals surface area contributed by atoms with Crippen LogP contribution in [0.2, 0.25) is 0 Å². The second kappa shape index (κ2) is 8.69. The number of nitrogens with one attached hydrogen (secondary N) is 2. The van der Waals surface area contributed by atoms with Gasteiger partial charge in [-0.15, -0.1) is 0 Å². The van der Waals surface area contributed by atoms with E-state index in [9.17, 15) is 13.2 Å². The Morgan fingerprint density at radius 3 is 2.26 bits per heavy atom. The summed E-state index contributed by atoms with van der Waals surface area (Å²) in [5.74, 6) is 0.656. The van der Waals surface area contributed by atoms with Crippen molar-refractivity contribution in [3.63, 3.8) is 0 Å². The van der Waals surface area contributed by atoms with Crippen LogP contribution in [-0.4, -0.2) is 33.7 Å². The summed E-state index contributed by atoms with van der Waals surface area (Å²) in [6.07, 6.45) is 0.624. The minimum atomic E-state index is -3.23. The number of para-hydroxylation sites is 1. The molecule has 1 heterocycles. The molecule has 160 valence electrons. The molecule has 4 rings (SSSR count). The molecule has 1 aliphatic rings. The number of amides is 1. The standard InChI is InChI=1S/C23H23N3O4S/c1-30-20-13-9-17(10-14-20)24-22-6-3-2-5-21(22)23(27)25-18-7-11-19(12-8-18)26-15-4-16-31(26,28)29/h2-3,5-14,24H,4,15-16H2,1H3,(H,25,27). The summed E-state index contributed by atoms with van der Waals surface area (Å²) >= 11 is 0. The van der Waals surface area contributed by atoms with Crippen molar-refractivity contribution in [3.05, 3.63) is 78.4 Å². The van der Waals surface area contributed by atoms with Crippen molar-refractivity contribution < 1.29 is 17.9 Å². The van der Waals surface area contributed by atoms with Gasteiger partial charge < -0.3 is 15.4 Å². The highest BCUT2D eigenvalue weighted by Gasteiger charge is 2.28. The summed E-state index contributed by atoms with van der Waals surface area (Å²) in [4.78, 5) is 12.9. The van der Waals surface area contributed by atoms with Crippen LogP contribution < -0.4 is 19.7 Å². The van der Waals surface area contributed by atoms with Gasteiger partial charge in [0, 0.05) is 17.9 Å². The smallest absolute Gasteiger partial charge is 0.257 e. The van der Waals surface area contributed by atoms with E-state index in [1.807, 2.05) is 36.4 Å². The van der Waals surface area contributed by atoms with Crippen LogP contribution in [0.5, 0.6) is 5.75 Å². The van der Waals surface area contributed by atoms with Crippen LogP contribution in [0.3, 0.4) is 0 Å². The van der Waals surface area contributed by atoms with Gasteiger partial charge in [0.05, 0.1) is 29.8 Å². The van der Waals surface area contributed by atoms with E-state index >= 15 is 0 Å². The maximum Gasteiger partial charge on any atom is 0.257 e. The van der Waals surface area contributed by atoms with Gasteiger partial charge in [0.2, 0.25) is 10.0 Å². The predicted octanol–water partition coefficient (Wildman–Crippen LogP) is 4.23. The summed E-state index contributed by atoms with van der Waals surface area (Å²) in [7, 11) is -1.62. The van der Waals surface area contributed by atoms with Gasteiger partial charge in [0.1, 0.15) is 5.75 Å². The van der Waals surface area contributed by atoms with Crippen molar-refractivity contribution in [1.29, 1.82) is 0 Å². The fourth-order valence-corrected chi connectivity index (χ4v) is 5.02. The first kappa shape index (κ1) is 20.7. The van der Waals surface area contributed by atoms with E-state index in [0.717, 1.165) is 11.4 Å². The van der Waals surface area contributed by atoms with Gasteiger partial charge in [0.15, 0.2) is 0 Å². The minimum absolute atomic E-state index is 0.170. The molecule has 1 aliphatic heterocycles. The molecular formula is C23H23N3O4S. The largest absolute Gasteiger partial charge is 0.497 e. The molecule has 0 bridgehead atoms. The van der Waals surface area contributed by atoms with E-state index in [-0.39, 0.29) is 11.7 Å². The summed E-state index contributed by atoms with van der Waals surface area (Å²) < 4.78 is 30.7. The highest BCUT2D eigenvalue weighted by molar-refractivity contribution is 7.93. The molecule has 8 heteroatoms. The molecule has 0 aliphatic carbocycles. The first-order valence-corrected chi connectivity index (χ1v) is 11.5. The first-order chi connectivity index (χ1) is 15.0. The lowest BCUT2D eigenvalue weighted by molar-refractivity contribution is 0.102. The fourth-order valence-electron chi connectivity index (χ4n) is 3.46. The Morgan fingerprint density at radius 1 is 0.935 bits per heavy atom. The Kier molecular flexibility index (Phi) is 5.81. The van der Waals surface area contributed by atoms with Crippen LogP contribution in [0.15, 0.2) is 72.8 Å². The number of sulfonamides is 1. The molecule has 0 spiro atoms. The molecule has 31 heavy (non-hydrogen) atoms. The molecular weight excluding hydrogens is 414 g/mol. The van der Waals surface area contributed by atoms with Gasteiger partial charge in [-0.25, -0.2) is 8.42 Å². The Labute approximate surface area is 181 Å². The molecule has 1 amide bonds. The Morgan fingerprint density at radius 2 is 1.61 bits per heavy atom. The zero-order chi connectivity index (χ0) is 21.8. The van der Waals surface area contributed by atoms with Gasteiger partial charge in [-0.1, -0.05) is 12.1 Å². The monoisotopic (exact) mass is 437 g/mol. The normalized spacial score (nSPS) is 14.8. The maximum absolute atomic E-state index is 12.9. The van der Waals surface area contributed by atoms with Gasteiger partial charge in [-0.05, 0) is 67.1 Å². The summed E-state index contributed by atoms with van der Waals surface area (Å²) in [5, 5.41) is 6.13. The van der Waals surface area contributed by atoms with Crippen LogP contribution in [0.4, 0.5) is 22.7 Å². The second-order valence-corrected chi connectivity index (χ2v) is 9.15. The van der Waals surface area contributed by atoms with Gasteiger partial charge >= 0.3 is 0 Å². The molecule has 2 N–H and O–H groups in total. The average molecular weight is 438 g/mol. The third kappa shape index (κ3) is 4.64. The predicted molar refractivity (Wildman–Crippen MR) is 123 cm³/mol. The number of hydrogen-bond donors (Lipinski definition) is 2. The molecule has 7 nitrogen and oxygen atoms in total. The highest BCUT2D eigenvalue weighted by Crippen LogP contribution is 2.27. The van der Waals surface area contributed by atoms with Crippen molar-refractivity contribution >= 4 is 38.7 Å². The van der Waals surface area contributed by atoms with Crippen molar-refractivity contribution in [3.8, 4) is 5.75 Å². The number of ether oxygens (including phenoxy) is 1. The zero-order valence-corrected chi connectivity index (χ0v) is 17.9. The topological polar surface area (TPSA) is 87.7 Å². The molecule has 1 fully saturated rings. The Hall–Kier alpha value is -3.52. The number of hydrogen-bond acceptors (Lipinski definition) is 5. The summed E-state index contributed by atoms with van der Waals surface area (Å²) in [6.45, 7) is 0.485. The lowest BCUT2D eigenvalue weighted by Crippen LogP contribution is -2.25. The van der Waals surface area contributed by atoms with E-state index in [1.54, 1.807) is 43.5 Å². The van der Waals surface area contributed by atoms with E-state index in [4.69, 9.17) is 4.74 Å². The van der Waals surface area contributed by atoms with Crippen molar-refractivity contribution in [1.82, 2.24) is 0 Å². The number of carbonyl (C=O) groups excluding carboxylic acids is 1. The van der Waals surface area contributed by atoms with Gasteiger partial charge in [-0.3, -0.25) is 9.10 Å².